The van der Waals surface area contributed by atoms with Crippen molar-refractivity contribution in [3.05, 3.63) is 65.7 Å². The molecule has 3 nitrogen and oxygen atoms in total. The summed E-state index contributed by atoms with van der Waals surface area (Å²) in [6.45, 7) is 1.33. The molecule has 0 aromatic heterocycles. The first-order valence-electron chi connectivity index (χ1n) is 6.97. The number of nitrogens with two attached hydrogens (primary N) is 1. The summed E-state index contributed by atoms with van der Waals surface area (Å²) >= 11 is 0. The topological polar surface area (TPSA) is 44.5 Å². The lowest BCUT2D eigenvalue weighted by atomic mass is 10.0. The van der Waals surface area contributed by atoms with Gasteiger partial charge in [0.15, 0.2) is 0 Å². The van der Waals surface area contributed by atoms with E-state index in [1.165, 1.54) is 0 Å². The van der Waals surface area contributed by atoms with Gasteiger partial charge in [-0.3, -0.25) is 0 Å². The summed E-state index contributed by atoms with van der Waals surface area (Å²) in [5.41, 5.74) is 8.32. The van der Waals surface area contributed by atoms with Crippen LogP contribution in [0.4, 0.5) is 0 Å². The maximum absolute atomic E-state index is 6.03. The summed E-state index contributed by atoms with van der Waals surface area (Å²) in [6, 6.07) is 18.3. The van der Waals surface area contributed by atoms with Gasteiger partial charge in [-0.05, 0) is 29.7 Å². The van der Waals surface area contributed by atoms with Gasteiger partial charge in [-0.15, -0.1) is 0 Å². The van der Waals surface area contributed by atoms with Crippen LogP contribution in [0.25, 0.3) is 0 Å². The molecule has 2 N–H and O–H groups in total. The quantitative estimate of drug-likeness (QED) is 0.927. The second kappa shape index (κ2) is 6.07. The van der Waals surface area contributed by atoms with Crippen LogP contribution in [0.2, 0.25) is 0 Å². The van der Waals surface area contributed by atoms with Crippen molar-refractivity contribution >= 4 is 0 Å². The van der Waals surface area contributed by atoms with Gasteiger partial charge in [-0.25, -0.2) is 0 Å². The van der Waals surface area contributed by atoms with Gasteiger partial charge in [-0.2, -0.15) is 0 Å². The van der Waals surface area contributed by atoms with Crippen molar-refractivity contribution in [3.8, 4) is 5.75 Å². The monoisotopic (exact) mass is 269 g/mol. The number of ether oxygens (including phenoxy) is 2. The summed E-state index contributed by atoms with van der Waals surface area (Å²) in [4.78, 5) is 0. The molecule has 2 aromatic rings. The van der Waals surface area contributed by atoms with Crippen molar-refractivity contribution in [2.75, 3.05) is 6.61 Å². The fourth-order valence-electron chi connectivity index (χ4n) is 2.44. The molecule has 3 heteroatoms. The van der Waals surface area contributed by atoms with E-state index in [0.717, 1.165) is 29.9 Å². The van der Waals surface area contributed by atoms with E-state index in [2.05, 4.69) is 12.1 Å². The Morgan fingerprint density at radius 1 is 1.05 bits per heavy atom. The molecule has 0 aliphatic carbocycles. The standard InChI is InChI=1S/C17H19NO2/c18-16-10-11-19-17(16)14-6-8-15(9-7-14)20-12-13-4-2-1-3-5-13/h1-9,16-17H,10-12,18H2. The Bertz CT molecular complexity index is 539. The van der Waals surface area contributed by atoms with Crippen LogP contribution in [0.3, 0.4) is 0 Å². The molecule has 3 rings (SSSR count). The van der Waals surface area contributed by atoms with Crippen molar-refractivity contribution < 1.29 is 9.47 Å². The summed E-state index contributed by atoms with van der Waals surface area (Å²) in [7, 11) is 0. The lowest BCUT2D eigenvalue weighted by Crippen LogP contribution is -2.23. The Balaban J connectivity index is 1.61. The van der Waals surface area contributed by atoms with Gasteiger partial charge in [0, 0.05) is 12.6 Å². The fourth-order valence-corrected chi connectivity index (χ4v) is 2.44. The average molecular weight is 269 g/mol. The first-order valence-corrected chi connectivity index (χ1v) is 6.97. The van der Waals surface area contributed by atoms with Crippen LogP contribution in [0.1, 0.15) is 23.7 Å². The number of hydrogen-bond donors (Lipinski definition) is 1. The molecule has 0 radical (unpaired) electrons. The maximum Gasteiger partial charge on any atom is 0.119 e. The first kappa shape index (κ1) is 13.2. The highest BCUT2D eigenvalue weighted by Crippen LogP contribution is 2.29. The van der Waals surface area contributed by atoms with Crippen LogP contribution in [-0.2, 0) is 11.3 Å². The average Bonchev–Trinajstić information content (AvgIpc) is 2.93. The predicted octanol–water partition coefficient (Wildman–Crippen LogP) is 3.05. The number of rotatable bonds is 4. The fraction of sp³-hybridized carbons (Fsp3) is 0.294. The molecule has 0 bridgehead atoms. The summed E-state index contributed by atoms with van der Waals surface area (Å²) in [5, 5.41) is 0. The lowest BCUT2D eigenvalue weighted by Gasteiger charge is -2.15. The predicted molar refractivity (Wildman–Crippen MR) is 78.5 cm³/mol. The minimum absolute atomic E-state index is 0.0261. The molecular formula is C17H19NO2. The molecule has 0 amide bonds. The highest BCUT2D eigenvalue weighted by atomic mass is 16.5. The van der Waals surface area contributed by atoms with Crippen molar-refractivity contribution in [2.45, 2.75) is 25.2 Å². The Kier molecular flexibility index (Phi) is 4.00. The third-order valence-corrected chi connectivity index (χ3v) is 3.59. The second-order valence-electron chi connectivity index (χ2n) is 5.09. The number of benzene rings is 2. The molecule has 2 unspecified atom stereocenters. The molecule has 0 saturated carbocycles. The van der Waals surface area contributed by atoms with Gasteiger partial charge in [0.2, 0.25) is 0 Å². The van der Waals surface area contributed by atoms with E-state index in [0.29, 0.717) is 6.61 Å². The molecule has 104 valence electrons. The Labute approximate surface area is 119 Å². The minimum atomic E-state index is 0.0261. The van der Waals surface area contributed by atoms with Gasteiger partial charge in [-0.1, -0.05) is 42.5 Å². The Morgan fingerprint density at radius 2 is 1.80 bits per heavy atom. The van der Waals surface area contributed by atoms with Crippen LogP contribution in [0, 0.1) is 0 Å². The smallest absolute Gasteiger partial charge is 0.119 e. The van der Waals surface area contributed by atoms with Gasteiger partial charge in [0.05, 0.1) is 6.10 Å². The van der Waals surface area contributed by atoms with Crippen LogP contribution in [0.5, 0.6) is 5.75 Å². The Hall–Kier alpha value is -1.84. The van der Waals surface area contributed by atoms with E-state index in [1.807, 2.05) is 42.5 Å². The molecule has 2 aromatic carbocycles. The zero-order chi connectivity index (χ0) is 13.8. The zero-order valence-corrected chi connectivity index (χ0v) is 11.4. The number of hydrogen-bond acceptors (Lipinski definition) is 3. The van der Waals surface area contributed by atoms with E-state index in [9.17, 15) is 0 Å². The zero-order valence-electron chi connectivity index (χ0n) is 11.4. The van der Waals surface area contributed by atoms with E-state index < -0.39 is 0 Å². The van der Waals surface area contributed by atoms with E-state index >= 15 is 0 Å². The van der Waals surface area contributed by atoms with Crippen molar-refractivity contribution in [1.82, 2.24) is 0 Å². The van der Waals surface area contributed by atoms with Crippen molar-refractivity contribution in [3.63, 3.8) is 0 Å². The highest BCUT2D eigenvalue weighted by molar-refractivity contribution is 5.30. The van der Waals surface area contributed by atoms with Gasteiger partial charge < -0.3 is 15.2 Å². The molecule has 1 aliphatic heterocycles. The molecule has 20 heavy (non-hydrogen) atoms. The summed E-state index contributed by atoms with van der Waals surface area (Å²) in [6.07, 6.45) is 0.954. The SMILES string of the molecule is NC1CCOC1c1ccc(OCc2ccccc2)cc1. The maximum atomic E-state index is 6.03. The third kappa shape index (κ3) is 3.00. The molecule has 2 atom stereocenters. The first-order chi connectivity index (χ1) is 9.83. The van der Waals surface area contributed by atoms with E-state index in [4.69, 9.17) is 15.2 Å². The van der Waals surface area contributed by atoms with Gasteiger partial charge in [0.25, 0.3) is 0 Å². The van der Waals surface area contributed by atoms with Crippen LogP contribution < -0.4 is 10.5 Å². The Morgan fingerprint density at radius 3 is 2.45 bits per heavy atom. The lowest BCUT2D eigenvalue weighted by molar-refractivity contribution is 0.105. The molecule has 1 saturated heterocycles. The largest absolute Gasteiger partial charge is 0.489 e. The van der Waals surface area contributed by atoms with Gasteiger partial charge >= 0.3 is 0 Å². The second-order valence-corrected chi connectivity index (χ2v) is 5.09. The van der Waals surface area contributed by atoms with Crippen LogP contribution >= 0.6 is 0 Å². The van der Waals surface area contributed by atoms with E-state index in [-0.39, 0.29) is 12.1 Å². The summed E-state index contributed by atoms with van der Waals surface area (Å²) < 4.78 is 11.4. The van der Waals surface area contributed by atoms with Crippen molar-refractivity contribution in [2.24, 2.45) is 5.73 Å². The highest BCUT2D eigenvalue weighted by Gasteiger charge is 2.26. The third-order valence-electron chi connectivity index (χ3n) is 3.59. The van der Waals surface area contributed by atoms with Gasteiger partial charge in [0.1, 0.15) is 12.4 Å². The van der Waals surface area contributed by atoms with Crippen LogP contribution in [-0.4, -0.2) is 12.6 Å². The normalized spacial score (nSPS) is 21.9. The molecule has 1 fully saturated rings. The van der Waals surface area contributed by atoms with Crippen LogP contribution in [0.15, 0.2) is 54.6 Å². The van der Waals surface area contributed by atoms with E-state index in [1.54, 1.807) is 0 Å². The summed E-state index contributed by atoms with van der Waals surface area (Å²) in [5.74, 6) is 0.865. The molecular weight excluding hydrogens is 250 g/mol. The molecule has 1 aliphatic rings. The van der Waals surface area contributed by atoms with Crippen molar-refractivity contribution in [1.29, 1.82) is 0 Å². The molecule has 0 spiro atoms. The molecule has 1 heterocycles. The minimum Gasteiger partial charge on any atom is -0.489 e.